The zero-order valence-corrected chi connectivity index (χ0v) is 21.8. The number of carbonyl (C=O) groups excluding carboxylic acids is 1. The summed E-state index contributed by atoms with van der Waals surface area (Å²) in [6.07, 6.45) is 2.08. The summed E-state index contributed by atoms with van der Waals surface area (Å²) in [5.41, 5.74) is 3.22. The molecule has 0 bridgehead atoms. The van der Waals surface area contributed by atoms with Gasteiger partial charge in [0.15, 0.2) is 11.4 Å². The zero-order chi connectivity index (χ0) is 27.6. The van der Waals surface area contributed by atoms with Crippen LogP contribution in [-0.2, 0) is 19.1 Å². The Balaban J connectivity index is 1.35. The maximum Gasteiger partial charge on any atom is 0.416 e. The lowest BCUT2D eigenvalue weighted by Gasteiger charge is -2.33. The third-order valence-electron chi connectivity index (χ3n) is 7.04. The fraction of sp³-hybridized carbons (Fsp3) is 0.300. The normalized spacial score (nSPS) is 14.8. The van der Waals surface area contributed by atoms with Gasteiger partial charge >= 0.3 is 6.18 Å². The number of aryl methyl sites for hydroxylation is 1. The smallest absolute Gasteiger partial charge is 0.304 e. The van der Waals surface area contributed by atoms with Gasteiger partial charge in [-0.2, -0.15) is 13.2 Å². The summed E-state index contributed by atoms with van der Waals surface area (Å²) in [7, 11) is 2.01. The van der Waals surface area contributed by atoms with E-state index in [4.69, 9.17) is 0 Å². The molecule has 0 saturated carbocycles. The summed E-state index contributed by atoms with van der Waals surface area (Å²) in [6, 6.07) is 9.46. The summed E-state index contributed by atoms with van der Waals surface area (Å²) < 4.78 is 43.7. The van der Waals surface area contributed by atoms with E-state index in [1.165, 1.54) is 6.07 Å². The Morgan fingerprint density at radius 2 is 1.82 bits per heavy atom. The van der Waals surface area contributed by atoms with Crippen LogP contribution < -0.4 is 0 Å². The molecule has 1 fully saturated rings. The van der Waals surface area contributed by atoms with E-state index in [-0.39, 0.29) is 24.3 Å². The predicted molar refractivity (Wildman–Crippen MR) is 142 cm³/mol. The van der Waals surface area contributed by atoms with Crippen LogP contribution >= 0.6 is 0 Å². The lowest BCUT2D eigenvalue weighted by Crippen LogP contribution is -2.44. The van der Waals surface area contributed by atoms with E-state index in [1.54, 1.807) is 49.1 Å². The van der Waals surface area contributed by atoms with Gasteiger partial charge in [-0.15, -0.1) is 0 Å². The highest BCUT2D eigenvalue weighted by molar-refractivity contribution is 5.98. The van der Waals surface area contributed by atoms with Crippen molar-refractivity contribution < 1.29 is 18.0 Å². The van der Waals surface area contributed by atoms with Gasteiger partial charge in [0, 0.05) is 62.7 Å². The van der Waals surface area contributed by atoms with Gasteiger partial charge in [-0.05, 0) is 48.7 Å². The number of benzene rings is 2. The van der Waals surface area contributed by atoms with Crippen molar-refractivity contribution in [3.8, 4) is 11.8 Å². The maximum atomic E-state index is 14.0. The molecule has 9 heteroatoms. The molecule has 0 N–H and O–H groups in total. The molecule has 0 aliphatic carbocycles. The number of nitrogens with zero attached hydrogens (tertiary/aromatic N) is 5. The van der Waals surface area contributed by atoms with Gasteiger partial charge in [-0.1, -0.05) is 30.2 Å². The number of likely N-dealkylation sites (N-methyl/N-ethyl adjacent to an activating group) is 1. The van der Waals surface area contributed by atoms with E-state index in [9.17, 15) is 18.0 Å². The predicted octanol–water partition coefficient (Wildman–Crippen LogP) is 4.63. The van der Waals surface area contributed by atoms with Gasteiger partial charge in [0.1, 0.15) is 5.69 Å². The molecule has 0 radical (unpaired) electrons. The number of alkyl halides is 3. The van der Waals surface area contributed by atoms with Crippen LogP contribution in [0.15, 0.2) is 61.2 Å². The number of fused-ring (bicyclic) bond motifs is 1. The fourth-order valence-electron chi connectivity index (χ4n) is 4.67. The number of piperazine rings is 1. The van der Waals surface area contributed by atoms with E-state index in [2.05, 4.69) is 26.7 Å². The first kappa shape index (κ1) is 26.6. The third-order valence-corrected chi connectivity index (χ3v) is 7.04. The molecule has 0 spiro atoms. The van der Waals surface area contributed by atoms with Gasteiger partial charge in [0.05, 0.1) is 18.0 Å². The van der Waals surface area contributed by atoms with Crippen LogP contribution in [0.3, 0.4) is 0 Å². The van der Waals surface area contributed by atoms with Crippen molar-refractivity contribution in [2.24, 2.45) is 0 Å². The molecule has 1 aliphatic heterocycles. The van der Waals surface area contributed by atoms with Crippen molar-refractivity contribution in [2.45, 2.75) is 26.1 Å². The highest BCUT2D eigenvalue weighted by Gasteiger charge is 2.34. The molecular weight excluding hydrogens is 503 g/mol. The van der Waals surface area contributed by atoms with Crippen molar-refractivity contribution in [3.05, 3.63) is 100 Å². The Kier molecular flexibility index (Phi) is 7.51. The molecular formula is C30H28F3N5O. The fourth-order valence-corrected chi connectivity index (χ4v) is 4.67. The van der Waals surface area contributed by atoms with Crippen LogP contribution in [0.5, 0.6) is 0 Å². The molecule has 2 aromatic heterocycles. The summed E-state index contributed by atoms with van der Waals surface area (Å²) in [5, 5.41) is 0. The summed E-state index contributed by atoms with van der Waals surface area (Å²) >= 11 is 0. The van der Waals surface area contributed by atoms with E-state index in [1.807, 2.05) is 23.3 Å². The van der Waals surface area contributed by atoms with Gasteiger partial charge in [-0.25, -0.2) is 4.98 Å². The van der Waals surface area contributed by atoms with E-state index in [0.717, 1.165) is 37.8 Å². The van der Waals surface area contributed by atoms with Crippen LogP contribution in [-0.4, -0.2) is 63.2 Å². The van der Waals surface area contributed by atoms with E-state index < -0.39 is 11.7 Å². The first-order valence-electron chi connectivity index (χ1n) is 12.7. The standard InChI is InChI=1S/C30H28F3N5O/c1-21-3-5-24(17-23(21)7-8-26-18-35-29-19-34-9-10-38(26)29)28(39)16-22-4-6-25(27(15-22)30(31,32)33)20-37-13-11-36(2)12-14-37/h3-6,9-10,15,17-19H,11-14,16,20H2,1-2H3. The van der Waals surface area contributed by atoms with Crippen molar-refractivity contribution >= 4 is 11.4 Å². The quantitative estimate of drug-likeness (QED) is 0.278. The Morgan fingerprint density at radius 3 is 2.59 bits per heavy atom. The lowest BCUT2D eigenvalue weighted by molar-refractivity contribution is -0.138. The summed E-state index contributed by atoms with van der Waals surface area (Å²) in [5.74, 6) is 5.93. The lowest BCUT2D eigenvalue weighted by atomic mass is 9.96. The van der Waals surface area contributed by atoms with Crippen LogP contribution in [0.2, 0.25) is 0 Å². The topological polar surface area (TPSA) is 53.7 Å². The molecule has 1 aliphatic rings. The third kappa shape index (κ3) is 6.19. The molecule has 0 amide bonds. The minimum absolute atomic E-state index is 0.131. The number of carbonyl (C=O) groups is 1. The molecule has 5 rings (SSSR count). The van der Waals surface area contributed by atoms with Crippen molar-refractivity contribution in [2.75, 3.05) is 33.2 Å². The minimum Gasteiger partial charge on any atom is -0.304 e. The number of hydrogen-bond acceptors (Lipinski definition) is 5. The van der Waals surface area contributed by atoms with Gasteiger partial charge in [-0.3, -0.25) is 19.1 Å². The number of aromatic nitrogens is 3. The second kappa shape index (κ2) is 11.0. The van der Waals surface area contributed by atoms with Crippen LogP contribution in [0.4, 0.5) is 13.2 Å². The Morgan fingerprint density at radius 1 is 1.03 bits per heavy atom. The van der Waals surface area contributed by atoms with E-state index >= 15 is 0 Å². The second-order valence-electron chi connectivity index (χ2n) is 9.90. The summed E-state index contributed by atoms with van der Waals surface area (Å²) in [4.78, 5) is 25.6. The monoisotopic (exact) mass is 531 g/mol. The minimum atomic E-state index is -4.50. The zero-order valence-electron chi connectivity index (χ0n) is 21.8. The Labute approximate surface area is 225 Å². The number of rotatable bonds is 5. The largest absolute Gasteiger partial charge is 0.416 e. The Bertz CT molecular complexity index is 1570. The van der Waals surface area contributed by atoms with Crippen molar-refractivity contribution in [1.29, 1.82) is 0 Å². The second-order valence-corrected chi connectivity index (χ2v) is 9.90. The average Bonchev–Trinajstić information content (AvgIpc) is 3.33. The molecule has 2 aromatic carbocycles. The first-order chi connectivity index (χ1) is 18.7. The number of ketones is 1. The number of Topliss-reactive ketones (excluding diaryl/α,β-unsaturated/α-hetero) is 1. The molecule has 39 heavy (non-hydrogen) atoms. The number of hydrogen-bond donors (Lipinski definition) is 0. The number of halogens is 3. The first-order valence-corrected chi connectivity index (χ1v) is 12.7. The molecule has 6 nitrogen and oxygen atoms in total. The van der Waals surface area contributed by atoms with Crippen LogP contribution in [0.1, 0.15) is 43.9 Å². The maximum absolute atomic E-state index is 14.0. The van der Waals surface area contributed by atoms with Gasteiger partial charge in [0.25, 0.3) is 0 Å². The van der Waals surface area contributed by atoms with Crippen LogP contribution in [0.25, 0.3) is 5.65 Å². The van der Waals surface area contributed by atoms with Crippen LogP contribution in [0, 0.1) is 18.8 Å². The van der Waals surface area contributed by atoms with Crippen molar-refractivity contribution in [3.63, 3.8) is 0 Å². The molecule has 1 saturated heterocycles. The molecule has 3 heterocycles. The number of imidazole rings is 1. The molecule has 0 unspecified atom stereocenters. The van der Waals surface area contributed by atoms with Gasteiger partial charge < -0.3 is 4.90 Å². The average molecular weight is 532 g/mol. The molecule has 0 atom stereocenters. The highest BCUT2D eigenvalue weighted by atomic mass is 19.4. The highest BCUT2D eigenvalue weighted by Crippen LogP contribution is 2.34. The van der Waals surface area contributed by atoms with Crippen molar-refractivity contribution in [1.82, 2.24) is 24.2 Å². The summed E-state index contributed by atoms with van der Waals surface area (Å²) in [6.45, 7) is 5.23. The SMILES string of the molecule is Cc1ccc(C(=O)Cc2ccc(CN3CCN(C)CC3)c(C(F)(F)F)c2)cc1C#Cc1cnc2cnccn12. The molecule has 4 aromatic rings. The molecule has 200 valence electrons. The van der Waals surface area contributed by atoms with E-state index in [0.29, 0.717) is 28.0 Å². The Hall–Kier alpha value is -4.00. The van der Waals surface area contributed by atoms with Gasteiger partial charge in [0.2, 0.25) is 0 Å².